The zero-order valence-electron chi connectivity index (χ0n) is 9.27. The lowest BCUT2D eigenvalue weighted by molar-refractivity contribution is 0.351. The minimum Gasteiger partial charge on any atom is -0.343 e. The molecule has 0 saturated heterocycles. The Morgan fingerprint density at radius 1 is 1.53 bits per heavy atom. The lowest BCUT2D eigenvalue weighted by atomic mass is 10.3. The highest BCUT2D eigenvalue weighted by molar-refractivity contribution is 5.33. The first-order chi connectivity index (χ1) is 7.20. The van der Waals surface area contributed by atoms with Gasteiger partial charge in [0, 0.05) is 45.0 Å². The standard InChI is InChI=1S/C10H17N5/c1-14-6-8-5-12-10(13-9(8)7-14)15(2)4-3-11/h5H,3-4,6-7,11H2,1-2H3. The third kappa shape index (κ3) is 2.08. The quantitative estimate of drug-likeness (QED) is 0.745. The van der Waals surface area contributed by atoms with Crippen molar-refractivity contribution in [1.82, 2.24) is 14.9 Å². The van der Waals surface area contributed by atoms with Gasteiger partial charge in [-0.15, -0.1) is 0 Å². The number of hydrogen-bond acceptors (Lipinski definition) is 5. The summed E-state index contributed by atoms with van der Waals surface area (Å²) in [7, 11) is 4.05. The van der Waals surface area contributed by atoms with Crippen molar-refractivity contribution in [2.75, 3.05) is 32.1 Å². The zero-order chi connectivity index (χ0) is 10.8. The van der Waals surface area contributed by atoms with Crippen LogP contribution in [0.3, 0.4) is 0 Å². The first-order valence-electron chi connectivity index (χ1n) is 5.15. The summed E-state index contributed by atoms with van der Waals surface area (Å²) < 4.78 is 0. The molecule has 2 heterocycles. The molecule has 2 N–H and O–H groups in total. The van der Waals surface area contributed by atoms with Gasteiger partial charge in [0.25, 0.3) is 0 Å². The molecule has 0 unspecified atom stereocenters. The summed E-state index contributed by atoms with van der Waals surface area (Å²) in [6, 6.07) is 0. The molecule has 0 radical (unpaired) electrons. The highest BCUT2D eigenvalue weighted by Gasteiger charge is 2.18. The van der Waals surface area contributed by atoms with Gasteiger partial charge >= 0.3 is 0 Å². The molecule has 0 atom stereocenters. The van der Waals surface area contributed by atoms with E-state index in [1.54, 1.807) is 0 Å². The second kappa shape index (κ2) is 4.12. The Morgan fingerprint density at radius 2 is 2.33 bits per heavy atom. The molecule has 82 valence electrons. The molecule has 2 rings (SSSR count). The summed E-state index contributed by atoms with van der Waals surface area (Å²) in [5, 5.41) is 0. The highest BCUT2D eigenvalue weighted by atomic mass is 15.2. The van der Waals surface area contributed by atoms with E-state index in [1.807, 2.05) is 18.1 Å². The van der Waals surface area contributed by atoms with E-state index in [0.717, 1.165) is 31.3 Å². The zero-order valence-corrected chi connectivity index (χ0v) is 9.27. The number of aromatic nitrogens is 2. The van der Waals surface area contributed by atoms with E-state index < -0.39 is 0 Å². The lowest BCUT2D eigenvalue weighted by Crippen LogP contribution is -2.26. The number of hydrogen-bond donors (Lipinski definition) is 1. The van der Waals surface area contributed by atoms with Crippen molar-refractivity contribution in [2.24, 2.45) is 5.73 Å². The first kappa shape index (κ1) is 10.3. The van der Waals surface area contributed by atoms with Crippen LogP contribution in [0.5, 0.6) is 0 Å². The van der Waals surface area contributed by atoms with Gasteiger partial charge in [-0.2, -0.15) is 0 Å². The summed E-state index contributed by atoms with van der Waals surface area (Å²) in [5.41, 5.74) is 7.88. The topological polar surface area (TPSA) is 58.3 Å². The van der Waals surface area contributed by atoms with Gasteiger partial charge in [-0.1, -0.05) is 0 Å². The average Bonchev–Trinajstić information content (AvgIpc) is 2.57. The Hall–Kier alpha value is -1.20. The molecule has 1 aliphatic heterocycles. The predicted octanol–water partition coefficient (Wildman–Crippen LogP) is -0.183. The smallest absolute Gasteiger partial charge is 0.225 e. The number of nitrogens with two attached hydrogens (primary N) is 1. The van der Waals surface area contributed by atoms with Gasteiger partial charge in [-0.05, 0) is 7.05 Å². The monoisotopic (exact) mass is 207 g/mol. The third-order valence-electron chi connectivity index (χ3n) is 2.61. The van der Waals surface area contributed by atoms with Crippen molar-refractivity contribution >= 4 is 5.95 Å². The van der Waals surface area contributed by atoms with Crippen molar-refractivity contribution in [3.63, 3.8) is 0 Å². The van der Waals surface area contributed by atoms with Crippen molar-refractivity contribution in [3.05, 3.63) is 17.5 Å². The molecule has 5 heteroatoms. The number of likely N-dealkylation sites (N-methyl/N-ethyl adjacent to an activating group) is 1. The molecule has 0 aliphatic carbocycles. The molecule has 0 saturated carbocycles. The first-order valence-corrected chi connectivity index (χ1v) is 5.15. The summed E-state index contributed by atoms with van der Waals surface area (Å²) in [6.45, 7) is 3.28. The van der Waals surface area contributed by atoms with Crippen molar-refractivity contribution in [1.29, 1.82) is 0 Å². The van der Waals surface area contributed by atoms with Gasteiger partial charge in [-0.3, -0.25) is 4.90 Å². The van der Waals surface area contributed by atoms with Gasteiger partial charge in [0.1, 0.15) is 0 Å². The lowest BCUT2D eigenvalue weighted by Gasteiger charge is -2.15. The fraction of sp³-hybridized carbons (Fsp3) is 0.600. The summed E-state index contributed by atoms with van der Waals surface area (Å²) in [6.07, 6.45) is 1.92. The van der Waals surface area contributed by atoms with E-state index in [-0.39, 0.29) is 0 Å². The summed E-state index contributed by atoms with van der Waals surface area (Å²) in [4.78, 5) is 13.1. The van der Waals surface area contributed by atoms with Crippen molar-refractivity contribution in [2.45, 2.75) is 13.1 Å². The van der Waals surface area contributed by atoms with Crippen LogP contribution < -0.4 is 10.6 Å². The third-order valence-corrected chi connectivity index (χ3v) is 2.61. The molecule has 1 aromatic heterocycles. The summed E-state index contributed by atoms with van der Waals surface area (Å²) >= 11 is 0. The molecule has 1 aromatic rings. The van der Waals surface area contributed by atoms with Crippen LogP contribution >= 0.6 is 0 Å². The Balaban J connectivity index is 2.19. The maximum Gasteiger partial charge on any atom is 0.225 e. The largest absolute Gasteiger partial charge is 0.343 e. The molecule has 5 nitrogen and oxygen atoms in total. The van der Waals surface area contributed by atoms with Crippen LogP contribution in [0.4, 0.5) is 5.95 Å². The van der Waals surface area contributed by atoms with E-state index in [0.29, 0.717) is 6.54 Å². The molecular formula is C10H17N5. The van der Waals surface area contributed by atoms with E-state index in [2.05, 4.69) is 21.9 Å². The Kier molecular flexibility index (Phi) is 2.83. The van der Waals surface area contributed by atoms with Crippen molar-refractivity contribution < 1.29 is 0 Å². The van der Waals surface area contributed by atoms with Gasteiger partial charge in [0.05, 0.1) is 5.69 Å². The fourth-order valence-corrected chi connectivity index (χ4v) is 1.78. The van der Waals surface area contributed by atoms with Crippen LogP contribution in [0.15, 0.2) is 6.20 Å². The fourth-order valence-electron chi connectivity index (χ4n) is 1.78. The molecule has 0 aromatic carbocycles. The molecule has 0 amide bonds. The Bertz CT molecular complexity index is 352. The van der Waals surface area contributed by atoms with Gasteiger partial charge in [0.2, 0.25) is 5.95 Å². The second-order valence-electron chi connectivity index (χ2n) is 4.02. The maximum absolute atomic E-state index is 5.50. The number of anilines is 1. The normalized spacial score (nSPS) is 15.4. The van der Waals surface area contributed by atoms with Crippen LogP contribution in [0.1, 0.15) is 11.3 Å². The van der Waals surface area contributed by atoms with Crippen LogP contribution in [-0.4, -0.2) is 42.1 Å². The van der Waals surface area contributed by atoms with Crippen LogP contribution in [0.25, 0.3) is 0 Å². The molecule has 15 heavy (non-hydrogen) atoms. The Labute approximate surface area is 89.9 Å². The predicted molar refractivity (Wildman–Crippen MR) is 59.5 cm³/mol. The maximum atomic E-state index is 5.50. The minimum atomic E-state index is 0.622. The summed E-state index contributed by atoms with van der Waals surface area (Å²) in [5.74, 6) is 0.773. The van der Waals surface area contributed by atoms with Gasteiger partial charge < -0.3 is 10.6 Å². The molecule has 1 aliphatic rings. The van der Waals surface area contributed by atoms with Crippen LogP contribution in [-0.2, 0) is 13.1 Å². The van der Waals surface area contributed by atoms with Gasteiger partial charge in [-0.25, -0.2) is 9.97 Å². The van der Waals surface area contributed by atoms with Crippen LogP contribution in [0, 0.1) is 0 Å². The molecule has 0 bridgehead atoms. The molecular weight excluding hydrogens is 190 g/mol. The van der Waals surface area contributed by atoms with E-state index in [1.165, 1.54) is 5.56 Å². The van der Waals surface area contributed by atoms with Crippen LogP contribution in [0.2, 0.25) is 0 Å². The van der Waals surface area contributed by atoms with Gasteiger partial charge in [0.15, 0.2) is 0 Å². The Morgan fingerprint density at radius 3 is 3.07 bits per heavy atom. The van der Waals surface area contributed by atoms with Crippen molar-refractivity contribution in [3.8, 4) is 0 Å². The van der Waals surface area contributed by atoms with E-state index >= 15 is 0 Å². The highest BCUT2D eigenvalue weighted by Crippen LogP contribution is 2.20. The van der Waals surface area contributed by atoms with E-state index in [9.17, 15) is 0 Å². The van der Waals surface area contributed by atoms with E-state index in [4.69, 9.17) is 5.73 Å². The number of rotatable bonds is 3. The second-order valence-corrected chi connectivity index (χ2v) is 4.02. The number of fused-ring (bicyclic) bond motifs is 1. The number of nitrogens with zero attached hydrogens (tertiary/aromatic N) is 4. The average molecular weight is 207 g/mol. The minimum absolute atomic E-state index is 0.622. The SMILES string of the molecule is CN1Cc2cnc(N(C)CCN)nc2C1. The molecule has 0 spiro atoms. The molecule has 0 fully saturated rings.